The molecule has 160 valence electrons. The molecule has 3 aromatic rings. The first kappa shape index (κ1) is 20.8. The number of carbonyl (C=O) groups excluding carboxylic acids is 1. The van der Waals surface area contributed by atoms with Crippen molar-refractivity contribution in [1.82, 2.24) is 15.0 Å². The van der Waals surface area contributed by atoms with Gasteiger partial charge in [0.25, 0.3) is 5.91 Å². The molecule has 0 atom stereocenters. The zero-order valence-electron chi connectivity index (χ0n) is 17.6. The lowest BCUT2D eigenvalue weighted by molar-refractivity contribution is -0.145. The maximum atomic E-state index is 13.0. The van der Waals surface area contributed by atoms with Crippen LogP contribution in [0.3, 0.4) is 0 Å². The second kappa shape index (κ2) is 8.34. The minimum Gasteiger partial charge on any atom is -0.481 e. The Balaban J connectivity index is 1.46. The number of hydrogen-bond donors (Lipinski definition) is 1. The van der Waals surface area contributed by atoms with Crippen LogP contribution in [0.15, 0.2) is 59.1 Å². The molecule has 0 spiro atoms. The lowest BCUT2D eigenvalue weighted by Gasteiger charge is -2.39. The van der Waals surface area contributed by atoms with Crippen molar-refractivity contribution in [2.45, 2.75) is 38.0 Å². The van der Waals surface area contributed by atoms with Crippen molar-refractivity contribution < 1.29 is 19.2 Å². The first-order chi connectivity index (χ1) is 14.9. The van der Waals surface area contributed by atoms with E-state index in [4.69, 9.17) is 4.52 Å². The van der Waals surface area contributed by atoms with Gasteiger partial charge in [-0.3, -0.25) is 9.59 Å². The van der Waals surface area contributed by atoms with Gasteiger partial charge in [0, 0.05) is 30.1 Å². The fourth-order valence-corrected chi connectivity index (χ4v) is 4.01. The number of amides is 1. The molecule has 0 unspecified atom stereocenters. The van der Waals surface area contributed by atoms with Gasteiger partial charge in [0.2, 0.25) is 11.7 Å². The quantitative estimate of drug-likeness (QED) is 0.668. The minimum absolute atomic E-state index is 0.102. The van der Waals surface area contributed by atoms with Crippen LogP contribution in [0.2, 0.25) is 0 Å². The predicted molar refractivity (Wildman–Crippen MR) is 115 cm³/mol. The van der Waals surface area contributed by atoms with E-state index in [1.54, 1.807) is 29.2 Å². The number of rotatable bonds is 5. The number of piperidine rings is 1. The van der Waals surface area contributed by atoms with Crippen LogP contribution in [0.25, 0.3) is 11.4 Å². The molecule has 7 heteroatoms. The van der Waals surface area contributed by atoms with E-state index in [0.29, 0.717) is 43.2 Å². The molecule has 1 fully saturated rings. The molecule has 7 nitrogen and oxygen atoms in total. The second-order valence-corrected chi connectivity index (χ2v) is 8.23. The third kappa shape index (κ3) is 3.95. The number of aromatic nitrogens is 2. The summed E-state index contributed by atoms with van der Waals surface area (Å²) in [6.07, 6.45) is 0.772. The average molecular weight is 419 g/mol. The highest BCUT2D eigenvalue weighted by Crippen LogP contribution is 2.36. The van der Waals surface area contributed by atoms with Crippen LogP contribution in [0.5, 0.6) is 0 Å². The van der Waals surface area contributed by atoms with Gasteiger partial charge in [-0.25, -0.2) is 0 Å². The van der Waals surface area contributed by atoms with E-state index in [2.05, 4.69) is 10.1 Å². The van der Waals surface area contributed by atoms with Crippen molar-refractivity contribution in [3.63, 3.8) is 0 Å². The molecule has 1 amide bonds. The largest absolute Gasteiger partial charge is 0.481 e. The van der Waals surface area contributed by atoms with Crippen molar-refractivity contribution in [3.8, 4) is 11.4 Å². The third-order valence-corrected chi connectivity index (χ3v) is 5.97. The molecular weight excluding hydrogens is 394 g/mol. The van der Waals surface area contributed by atoms with Gasteiger partial charge in [-0.2, -0.15) is 4.98 Å². The molecule has 1 N–H and O–H groups in total. The van der Waals surface area contributed by atoms with E-state index >= 15 is 0 Å². The van der Waals surface area contributed by atoms with Gasteiger partial charge in [0.1, 0.15) is 0 Å². The normalized spacial score (nSPS) is 15.8. The number of likely N-dealkylation sites (tertiary alicyclic amines) is 1. The van der Waals surface area contributed by atoms with Gasteiger partial charge in [-0.1, -0.05) is 61.5 Å². The standard InChI is InChI=1S/C24H25N3O4/c1-16(2)21-25-20(26-31-21)17-8-10-18(11-9-17)22(28)27-14-12-24(13-15-27,23(29)30)19-6-4-3-5-7-19/h3-11,16H,12-15H2,1-2H3,(H,29,30). The zero-order chi connectivity index (χ0) is 22.0. The summed E-state index contributed by atoms with van der Waals surface area (Å²) in [5.41, 5.74) is 1.17. The molecular formula is C24H25N3O4. The molecule has 0 aliphatic carbocycles. The maximum Gasteiger partial charge on any atom is 0.314 e. The number of carboxylic acid groups (broad SMARTS) is 1. The molecule has 0 saturated carbocycles. The molecule has 1 aliphatic heterocycles. The maximum absolute atomic E-state index is 13.0. The fourth-order valence-electron chi connectivity index (χ4n) is 4.01. The highest BCUT2D eigenvalue weighted by molar-refractivity contribution is 5.95. The summed E-state index contributed by atoms with van der Waals surface area (Å²) in [6.45, 7) is 4.75. The predicted octanol–water partition coefficient (Wildman–Crippen LogP) is 4.12. The summed E-state index contributed by atoms with van der Waals surface area (Å²) in [4.78, 5) is 31.2. The fraction of sp³-hybridized carbons (Fsp3) is 0.333. The SMILES string of the molecule is CC(C)c1nc(-c2ccc(C(=O)N3CCC(C(=O)O)(c4ccccc4)CC3)cc2)no1. The molecule has 0 bridgehead atoms. The van der Waals surface area contributed by atoms with Crippen LogP contribution in [0, 0.1) is 0 Å². The number of carbonyl (C=O) groups is 2. The van der Waals surface area contributed by atoms with E-state index in [1.807, 2.05) is 44.2 Å². The molecule has 0 radical (unpaired) electrons. The number of nitrogens with zero attached hydrogens (tertiary/aromatic N) is 3. The number of aliphatic carboxylic acids is 1. The summed E-state index contributed by atoms with van der Waals surface area (Å²) in [5.74, 6) is 0.277. The Bertz CT molecular complexity index is 1070. The Labute approximate surface area is 180 Å². The van der Waals surface area contributed by atoms with Crippen LogP contribution in [-0.4, -0.2) is 45.1 Å². The van der Waals surface area contributed by atoms with E-state index in [0.717, 1.165) is 11.1 Å². The second-order valence-electron chi connectivity index (χ2n) is 8.23. The molecule has 4 rings (SSSR count). The van der Waals surface area contributed by atoms with Crippen LogP contribution >= 0.6 is 0 Å². The van der Waals surface area contributed by atoms with Gasteiger partial charge in [0.05, 0.1) is 5.41 Å². The van der Waals surface area contributed by atoms with Crippen LogP contribution in [-0.2, 0) is 10.2 Å². The summed E-state index contributed by atoms with van der Waals surface area (Å²) in [6, 6.07) is 16.4. The monoisotopic (exact) mass is 419 g/mol. The van der Waals surface area contributed by atoms with Crippen molar-refractivity contribution in [2.75, 3.05) is 13.1 Å². The Hall–Kier alpha value is -3.48. The van der Waals surface area contributed by atoms with E-state index in [1.165, 1.54) is 0 Å². The highest BCUT2D eigenvalue weighted by Gasteiger charge is 2.43. The Morgan fingerprint density at radius 2 is 1.68 bits per heavy atom. The summed E-state index contributed by atoms with van der Waals surface area (Å²) in [5, 5.41) is 13.9. The summed E-state index contributed by atoms with van der Waals surface area (Å²) >= 11 is 0. The van der Waals surface area contributed by atoms with E-state index in [9.17, 15) is 14.7 Å². The zero-order valence-corrected chi connectivity index (χ0v) is 17.6. The Morgan fingerprint density at radius 1 is 1.03 bits per heavy atom. The molecule has 1 aliphatic rings. The molecule has 31 heavy (non-hydrogen) atoms. The van der Waals surface area contributed by atoms with Gasteiger partial charge in [-0.15, -0.1) is 0 Å². The first-order valence-electron chi connectivity index (χ1n) is 10.4. The van der Waals surface area contributed by atoms with Gasteiger partial charge < -0.3 is 14.5 Å². The van der Waals surface area contributed by atoms with Crippen molar-refractivity contribution >= 4 is 11.9 Å². The first-order valence-corrected chi connectivity index (χ1v) is 10.4. The van der Waals surface area contributed by atoms with Crippen molar-refractivity contribution in [2.24, 2.45) is 0 Å². The molecule has 2 heterocycles. The highest BCUT2D eigenvalue weighted by atomic mass is 16.5. The van der Waals surface area contributed by atoms with E-state index < -0.39 is 11.4 Å². The smallest absolute Gasteiger partial charge is 0.314 e. The van der Waals surface area contributed by atoms with E-state index in [-0.39, 0.29) is 11.8 Å². The van der Waals surface area contributed by atoms with Crippen LogP contribution < -0.4 is 0 Å². The third-order valence-electron chi connectivity index (χ3n) is 5.97. The van der Waals surface area contributed by atoms with Crippen LogP contribution in [0.4, 0.5) is 0 Å². The van der Waals surface area contributed by atoms with Crippen molar-refractivity contribution in [3.05, 3.63) is 71.6 Å². The molecule has 1 aromatic heterocycles. The Kier molecular flexibility index (Phi) is 5.59. The topological polar surface area (TPSA) is 96.5 Å². The average Bonchev–Trinajstić information content (AvgIpc) is 3.30. The number of carboxylic acids is 1. The van der Waals surface area contributed by atoms with Crippen molar-refractivity contribution in [1.29, 1.82) is 0 Å². The lowest BCUT2D eigenvalue weighted by Crippen LogP contribution is -2.49. The van der Waals surface area contributed by atoms with Gasteiger partial charge >= 0.3 is 5.97 Å². The number of hydrogen-bond acceptors (Lipinski definition) is 5. The van der Waals surface area contributed by atoms with Gasteiger partial charge in [0.15, 0.2) is 0 Å². The van der Waals surface area contributed by atoms with Gasteiger partial charge in [-0.05, 0) is 30.5 Å². The minimum atomic E-state index is -0.950. The molecule has 1 saturated heterocycles. The molecule has 2 aromatic carbocycles. The Morgan fingerprint density at radius 3 is 2.23 bits per heavy atom. The van der Waals surface area contributed by atoms with Crippen LogP contribution in [0.1, 0.15) is 54.4 Å². The number of benzene rings is 2. The lowest BCUT2D eigenvalue weighted by atomic mass is 9.73. The summed E-state index contributed by atoms with van der Waals surface area (Å²) in [7, 11) is 0. The summed E-state index contributed by atoms with van der Waals surface area (Å²) < 4.78 is 5.24.